The maximum absolute atomic E-state index is 11.9. The van der Waals surface area contributed by atoms with E-state index < -0.39 is 23.9 Å². The number of carboxylic acids is 1. The van der Waals surface area contributed by atoms with Gasteiger partial charge in [0.15, 0.2) is 0 Å². The Morgan fingerprint density at radius 1 is 1.30 bits per heavy atom. The molecule has 7 nitrogen and oxygen atoms in total. The third kappa shape index (κ3) is 4.60. The topological polar surface area (TPSA) is 113 Å². The Kier molecular flexibility index (Phi) is 5.52. The van der Waals surface area contributed by atoms with Gasteiger partial charge in [0, 0.05) is 19.2 Å². The van der Waals surface area contributed by atoms with Gasteiger partial charge in [-0.05, 0) is 18.6 Å². The highest BCUT2D eigenvalue weighted by molar-refractivity contribution is 5.94. The molecule has 7 heteroatoms. The van der Waals surface area contributed by atoms with Gasteiger partial charge in [0.1, 0.15) is 6.04 Å². The van der Waals surface area contributed by atoms with E-state index in [0.717, 1.165) is 0 Å². The molecule has 0 radical (unpaired) electrons. The van der Waals surface area contributed by atoms with Crippen molar-refractivity contribution < 1.29 is 19.5 Å². The van der Waals surface area contributed by atoms with Crippen LogP contribution in [0.1, 0.15) is 12.8 Å². The second-order valence-electron chi connectivity index (χ2n) is 4.24. The van der Waals surface area contributed by atoms with Gasteiger partial charge < -0.3 is 16.2 Å². The summed E-state index contributed by atoms with van der Waals surface area (Å²) in [5.74, 6) is -1.82. The number of benzene rings is 1. The molecule has 1 atom stereocenters. The summed E-state index contributed by atoms with van der Waals surface area (Å²) in [6, 6.07) is 7.07. The van der Waals surface area contributed by atoms with Crippen LogP contribution in [0, 0.1) is 0 Å². The van der Waals surface area contributed by atoms with Gasteiger partial charge in [-0.3, -0.25) is 9.69 Å². The predicted molar refractivity (Wildman–Crippen MR) is 73.2 cm³/mol. The van der Waals surface area contributed by atoms with E-state index in [1.165, 1.54) is 11.9 Å². The first-order chi connectivity index (χ1) is 9.41. The number of carbonyl (C=O) groups is 3. The highest BCUT2D eigenvalue weighted by Gasteiger charge is 2.22. The lowest BCUT2D eigenvalue weighted by Crippen LogP contribution is -2.47. The average Bonchev–Trinajstić information content (AvgIpc) is 2.42. The largest absolute Gasteiger partial charge is 0.480 e. The van der Waals surface area contributed by atoms with Crippen LogP contribution in [0.2, 0.25) is 0 Å². The van der Waals surface area contributed by atoms with E-state index in [4.69, 9.17) is 10.8 Å². The van der Waals surface area contributed by atoms with E-state index in [1.54, 1.807) is 24.3 Å². The second-order valence-corrected chi connectivity index (χ2v) is 4.24. The lowest BCUT2D eigenvalue weighted by atomic mass is 10.1. The summed E-state index contributed by atoms with van der Waals surface area (Å²) in [6.07, 6.45) is -0.147. The first-order valence-corrected chi connectivity index (χ1v) is 6.02. The molecular formula is C13H17N3O4. The van der Waals surface area contributed by atoms with Gasteiger partial charge in [0.05, 0.1) is 0 Å². The minimum Gasteiger partial charge on any atom is -0.480 e. The molecule has 0 saturated heterocycles. The van der Waals surface area contributed by atoms with Crippen molar-refractivity contribution in [2.24, 2.45) is 5.73 Å². The molecule has 0 aliphatic rings. The van der Waals surface area contributed by atoms with Crippen LogP contribution in [0.15, 0.2) is 30.3 Å². The number of carbonyl (C=O) groups excluding carboxylic acids is 2. The molecule has 4 N–H and O–H groups in total. The van der Waals surface area contributed by atoms with Crippen LogP contribution < -0.4 is 16.0 Å². The highest BCUT2D eigenvalue weighted by atomic mass is 16.4. The van der Waals surface area contributed by atoms with Crippen LogP contribution in [0.5, 0.6) is 0 Å². The maximum Gasteiger partial charge on any atom is 0.326 e. The van der Waals surface area contributed by atoms with Crippen LogP contribution in [0.25, 0.3) is 0 Å². The normalized spacial score (nSPS) is 11.4. The monoisotopic (exact) mass is 279 g/mol. The summed E-state index contributed by atoms with van der Waals surface area (Å²) in [6.45, 7) is 0. The number of nitrogens with zero attached hydrogens (tertiary/aromatic N) is 1. The van der Waals surface area contributed by atoms with E-state index in [1.807, 2.05) is 6.07 Å². The zero-order chi connectivity index (χ0) is 15.1. The van der Waals surface area contributed by atoms with Crippen molar-refractivity contribution in [2.75, 3.05) is 11.9 Å². The Morgan fingerprint density at radius 2 is 1.90 bits per heavy atom. The number of primary amides is 1. The van der Waals surface area contributed by atoms with E-state index in [-0.39, 0.29) is 12.8 Å². The van der Waals surface area contributed by atoms with E-state index >= 15 is 0 Å². The first kappa shape index (κ1) is 15.5. The SMILES string of the molecule is CN(C(=O)N[C@H](CCC(N)=O)C(=O)O)c1ccccc1. The number of para-hydroxylation sites is 1. The van der Waals surface area contributed by atoms with Gasteiger partial charge in [0.2, 0.25) is 5.91 Å². The Morgan fingerprint density at radius 3 is 2.40 bits per heavy atom. The van der Waals surface area contributed by atoms with Gasteiger partial charge in [-0.2, -0.15) is 0 Å². The van der Waals surface area contributed by atoms with Crippen molar-refractivity contribution in [2.45, 2.75) is 18.9 Å². The molecule has 108 valence electrons. The molecule has 1 rings (SSSR count). The molecule has 0 aromatic heterocycles. The van der Waals surface area contributed by atoms with Crippen LogP contribution in [-0.2, 0) is 9.59 Å². The van der Waals surface area contributed by atoms with Gasteiger partial charge >= 0.3 is 12.0 Å². The molecule has 0 saturated carbocycles. The quantitative estimate of drug-likeness (QED) is 0.705. The standard InChI is InChI=1S/C13H17N3O4/c1-16(9-5-3-2-4-6-9)13(20)15-10(12(18)19)7-8-11(14)17/h2-6,10H,7-8H2,1H3,(H2,14,17)(H,15,20)(H,18,19)/t10-/m1/s1. The molecule has 0 spiro atoms. The van der Waals surface area contributed by atoms with Crippen molar-refractivity contribution >= 4 is 23.6 Å². The van der Waals surface area contributed by atoms with E-state index in [9.17, 15) is 14.4 Å². The molecule has 0 unspecified atom stereocenters. The molecule has 0 aliphatic carbocycles. The number of carboxylic acid groups (broad SMARTS) is 1. The summed E-state index contributed by atoms with van der Waals surface area (Å²) in [4.78, 5) is 34.9. The third-order valence-corrected chi connectivity index (χ3v) is 2.72. The number of nitrogens with one attached hydrogen (secondary N) is 1. The van der Waals surface area contributed by atoms with Gasteiger partial charge in [0.25, 0.3) is 0 Å². The minimum atomic E-state index is -1.21. The van der Waals surface area contributed by atoms with Gasteiger partial charge in [-0.15, -0.1) is 0 Å². The van der Waals surface area contributed by atoms with Crippen molar-refractivity contribution in [1.82, 2.24) is 5.32 Å². The van der Waals surface area contributed by atoms with Gasteiger partial charge in [-0.25, -0.2) is 9.59 Å². The van der Waals surface area contributed by atoms with Crippen LogP contribution in [-0.4, -0.2) is 36.1 Å². The number of anilines is 1. The van der Waals surface area contributed by atoms with E-state index in [0.29, 0.717) is 5.69 Å². The third-order valence-electron chi connectivity index (χ3n) is 2.72. The van der Waals surface area contributed by atoms with Crippen LogP contribution in [0.3, 0.4) is 0 Å². The molecule has 0 bridgehead atoms. The van der Waals surface area contributed by atoms with Crippen LogP contribution in [0.4, 0.5) is 10.5 Å². The summed E-state index contributed by atoms with van der Waals surface area (Å²) in [5, 5.41) is 11.4. The first-order valence-electron chi connectivity index (χ1n) is 6.02. The number of urea groups is 1. The summed E-state index contributed by atoms with van der Waals surface area (Å²) < 4.78 is 0. The zero-order valence-corrected chi connectivity index (χ0v) is 11.1. The Hall–Kier alpha value is -2.57. The fourth-order valence-corrected chi connectivity index (χ4v) is 1.56. The predicted octanol–water partition coefficient (Wildman–Crippen LogP) is 0.551. The summed E-state index contributed by atoms with van der Waals surface area (Å²) in [7, 11) is 1.53. The fraction of sp³-hybridized carbons (Fsp3) is 0.308. The van der Waals surface area contributed by atoms with Crippen LogP contribution >= 0.6 is 0 Å². The Labute approximate surface area is 116 Å². The molecule has 0 aliphatic heterocycles. The molecule has 0 heterocycles. The lowest BCUT2D eigenvalue weighted by molar-refractivity contribution is -0.139. The number of hydrogen-bond donors (Lipinski definition) is 3. The molecule has 0 fully saturated rings. The van der Waals surface area contributed by atoms with Crippen molar-refractivity contribution in [1.29, 1.82) is 0 Å². The molecule has 3 amide bonds. The second kappa shape index (κ2) is 7.13. The molecule has 20 heavy (non-hydrogen) atoms. The average molecular weight is 279 g/mol. The lowest BCUT2D eigenvalue weighted by Gasteiger charge is -2.21. The van der Waals surface area contributed by atoms with Crippen molar-refractivity contribution in [3.05, 3.63) is 30.3 Å². The molecular weight excluding hydrogens is 262 g/mol. The number of nitrogens with two attached hydrogens (primary N) is 1. The minimum absolute atomic E-state index is 0.0426. The maximum atomic E-state index is 11.9. The fourth-order valence-electron chi connectivity index (χ4n) is 1.56. The number of rotatable bonds is 6. The molecule has 1 aromatic rings. The van der Waals surface area contributed by atoms with E-state index in [2.05, 4.69) is 5.32 Å². The molecule has 1 aromatic carbocycles. The Balaban J connectivity index is 2.66. The number of amides is 3. The Bertz CT molecular complexity index is 490. The summed E-state index contributed by atoms with van der Waals surface area (Å²) >= 11 is 0. The van der Waals surface area contributed by atoms with Crippen molar-refractivity contribution in [3.63, 3.8) is 0 Å². The number of hydrogen-bond acceptors (Lipinski definition) is 3. The number of aliphatic carboxylic acids is 1. The van der Waals surface area contributed by atoms with Gasteiger partial charge in [-0.1, -0.05) is 18.2 Å². The zero-order valence-electron chi connectivity index (χ0n) is 11.1. The van der Waals surface area contributed by atoms with Crippen molar-refractivity contribution in [3.8, 4) is 0 Å². The smallest absolute Gasteiger partial charge is 0.326 e. The summed E-state index contributed by atoms with van der Waals surface area (Å²) in [5.41, 5.74) is 5.60. The highest BCUT2D eigenvalue weighted by Crippen LogP contribution is 2.11.